The molecule has 1 unspecified atom stereocenters. The van der Waals surface area contributed by atoms with Gasteiger partial charge in [-0.1, -0.05) is 42.5 Å². The van der Waals surface area contributed by atoms with Crippen LogP contribution in [-0.4, -0.2) is 55.0 Å². The molecular weight excluding hydrogens is 393 g/mol. The summed E-state index contributed by atoms with van der Waals surface area (Å²) < 4.78 is 0. The Labute approximate surface area is 180 Å². The second-order valence-electron chi connectivity index (χ2n) is 7.69. The third kappa shape index (κ3) is 5.60. The van der Waals surface area contributed by atoms with Crippen LogP contribution in [0.15, 0.2) is 42.5 Å². The highest BCUT2D eigenvalue weighted by Crippen LogP contribution is 2.21. The molecule has 28 heavy (non-hydrogen) atoms. The van der Waals surface area contributed by atoms with Crippen molar-refractivity contribution in [1.82, 2.24) is 15.1 Å². The van der Waals surface area contributed by atoms with Crippen LogP contribution >= 0.6 is 24.8 Å². The molecule has 0 bridgehead atoms. The Bertz CT molecular complexity index is 751. The van der Waals surface area contributed by atoms with Gasteiger partial charge in [0, 0.05) is 39.1 Å². The fraction of sp³-hybridized carbons (Fsp3) is 0.500. The van der Waals surface area contributed by atoms with E-state index in [-0.39, 0.29) is 24.8 Å². The van der Waals surface area contributed by atoms with Gasteiger partial charge in [-0.05, 0) is 48.2 Å². The molecule has 0 aromatic heterocycles. The SMILES string of the molecule is Cl.Cl.O=C(CCC1CCNC1)N1CCN(Cc2cccc3ccccc23)CC1. The fourth-order valence-electron chi connectivity index (χ4n) is 4.27. The number of carbonyl (C=O) groups excluding carboxylic acids is 1. The third-order valence-corrected chi connectivity index (χ3v) is 5.93. The highest BCUT2D eigenvalue weighted by Gasteiger charge is 2.23. The van der Waals surface area contributed by atoms with Crippen LogP contribution < -0.4 is 5.32 Å². The number of fused-ring (bicyclic) bond motifs is 1. The Morgan fingerprint density at radius 3 is 2.50 bits per heavy atom. The van der Waals surface area contributed by atoms with E-state index >= 15 is 0 Å². The molecule has 6 heteroatoms. The second kappa shape index (κ2) is 11.0. The molecule has 2 aliphatic heterocycles. The van der Waals surface area contributed by atoms with Crippen molar-refractivity contribution in [2.75, 3.05) is 39.3 Å². The molecule has 2 aliphatic rings. The summed E-state index contributed by atoms with van der Waals surface area (Å²) in [5.74, 6) is 1.05. The predicted molar refractivity (Wildman–Crippen MR) is 121 cm³/mol. The van der Waals surface area contributed by atoms with Crippen molar-refractivity contribution in [1.29, 1.82) is 0 Å². The summed E-state index contributed by atoms with van der Waals surface area (Å²) >= 11 is 0. The van der Waals surface area contributed by atoms with Gasteiger partial charge in [0.2, 0.25) is 5.91 Å². The maximum absolute atomic E-state index is 12.5. The molecule has 0 radical (unpaired) electrons. The van der Waals surface area contributed by atoms with Crippen LogP contribution in [0.25, 0.3) is 10.8 Å². The van der Waals surface area contributed by atoms with Gasteiger partial charge >= 0.3 is 0 Å². The first-order valence-electron chi connectivity index (χ1n) is 9.97. The largest absolute Gasteiger partial charge is 0.340 e. The highest BCUT2D eigenvalue weighted by atomic mass is 35.5. The number of amides is 1. The standard InChI is InChI=1S/C22H29N3O.2ClH/c26-22(9-8-18-10-11-23-16-18)25-14-12-24(13-15-25)17-20-6-3-5-19-4-1-2-7-21(19)20;;/h1-7,18,23H,8-17H2;2*1H. The average Bonchev–Trinajstić information content (AvgIpc) is 3.21. The van der Waals surface area contributed by atoms with E-state index in [0.29, 0.717) is 11.8 Å². The molecule has 1 N–H and O–H groups in total. The van der Waals surface area contributed by atoms with E-state index in [4.69, 9.17) is 0 Å². The maximum atomic E-state index is 12.5. The molecule has 4 rings (SSSR count). The molecule has 2 heterocycles. The molecule has 0 aliphatic carbocycles. The molecule has 2 aromatic rings. The minimum Gasteiger partial charge on any atom is -0.340 e. The summed E-state index contributed by atoms with van der Waals surface area (Å²) in [5, 5.41) is 6.04. The van der Waals surface area contributed by atoms with Gasteiger partial charge in [-0.2, -0.15) is 0 Å². The van der Waals surface area contributed by atoms with Gasteiger partial charge in [-0.15, -0.1) is 24.8 Å². The lowest BCUT2D eigenvalue weighted by atomic mass is 10.0. The third-order valence-electron chi connectivity index (χ3n) is 5.93. The Morgan fingerprint density at radius 1 is 1.00 bits per heavy atom. The Hall–Kier alpha value is -1.33. The average molecular weight is 424 g/mol. The van der Waals surface area contributed by atoms with Gasteiger partial charge in [0.15, 0.2) is 0 Å². The van der Waals surface area contributed by atoms with Gasteiger partial charge in [0.25, 0.3) is 0 Å². The van der Waals surface area contributed by atoms with E-state index in [9.17, 15) is 4.79 Å². The van der Waals surface area contributed by atoms with Crippen molar-refractivity contribution in [2.45, 2.75) is 25.8 Å². The molecule has 0 spiro atoms. The van der Waals surface area contributed by atoms with Gasteiger partial charge < -0.3 is 10.2 Å². The molecule has 1 amide bonds. The van der Waals surface area contributed by atoms with Crippen LogP contribution in [0, 0.1) is 5.92 Å². The molecule has 0 saturated carbocycles. The maximum Gasteiger partial charge on any atom is 0.222 e. The molecule has 2 fully saturated rings. The van der Waals surface area contributed by atoms with Gasteiger partial charge in [-0.3, -0.25) is 9.69 Å². The smallest absolute Gasteiger partial charge is 0.222 e. The molecule has 2 saturated heterocycles. The van der Waals surface area contributed by atoms with Crippen LogP contribution in [0.5, 0.6) is 0 Å². The number of carbonyl (C=O) groups is 1. The number of halogens is 2. The summed E-state index contributed by atoms with van der Waals surface area (Å²) in [6, 6.07) is 15.2. The number of benzene rings is 2. The van der Waals surface area contributed by atoms with E-state index in [1.165, 1.54) is 22.8 Å². The van der Waals surface area contributed by atoms with E-state index in [1.807, 2.05) is 0 Å². The van der Waals surface area contributed by atoms with Crippen LogP contribution in [-0.2, 0) is 11.3 Å². The van der Waals surface area contributed by atoms with E-state index in [1.54, 1.807) is 0 Å². The Morgan fingerprint density at radius 2 is 1.75 bits per heavy atom. The molecule has 4 nitrogen and oxygen atoms in total. The summed E-state index contributed by atoms with van der Waals surface area (Å²) in [7, 11) is 0. The number of nitrogens with one attached hydrogen (secondary N) is 1. The molecular formula is C22H31Cl2N3O. The fourth-order valence-corrected chi connectivity index (χ4v) is 4.27. The Kier molecular flexibility index (Phi) is 9.03. The number of rotatable bonds is 5. The highest BCUT2D eigenvalue weighted by molar-refractivity contribution is 5.86. The second-order valence-corrected chi connectivity index (χ2v) is 7.69. The van der Waals surface area contributed by atoms with Crippen LogP contribution in [0.4, 0.5) is 0 Å². The van der Waals surface area contributed by atoms with Crippen molar-refractivity contribution >= 4 is 41.5 Å². The number of nitrogens with zero attached hydrogens (tertiary/aromatic N) is 2. The van der Waals surface area contributed by atoms with E-state index in [2.05, 4.69) is 57.6 Å². The zero-order valence-electron chi connectivity index (χ0n) is 16.3. The minimum absolute atomic E-state index is 0. The minimum atomic E-state index is 0. The van der Waals surface area contributed by atoms with Crippen molar-refractivity contribution in [3.05, 3.63) is 48.0 Å². The van der Waals surface area contributed by atoms with Crippen molar-refractivity contribution < 1.29 is 4.79 Å². The first kappa shape index (κ1) is 23.0. The molecule has 1 atom stereocenters. The van der Waals surface area contributed by atoms with Crippen LogP contribution in [0.1, 0.15) is 24.8 Å². The molecule has 2 aromatic carbocycles. The lowest BCUT2D eigenvalue weighted by Crippen LogP contribution is -2.48. The van der Waals surface area contributed by atoms with Gasteiger partial charge in [0.1, 0.15) is 0 Å². The molecule has 154 valence electrons. The zero-order valence-corrected chi connectivity index (χ0v) is 17.9. The van der Waals surface area contributed by atoms with Crippen LogP contribution in [0.2, 0.25) is 0 Å². The van der Waals surface area contributed by atoms with Crippen LogP contribution in [0.3, 0.4) is 0 Å². The lowest BCUT2D eigenvalue weighted by Gasteiger charge is -2.35. The monoisotopic (exact) mass is 423 g/mol. The normalized spacial score (nSPS) is 19.9. The van der Waals surface area contributed by atoms with E-state index < -0.39 is 0 Å². The predicted octanol–water partition coefficient (Wildman–Crippen LogP) is 3.72. The van der Waals surface area contributed by atoms with Crippen molar-refractivity contribution in [3.8, 4) is 0 Å². The summed E-state index contributed by atoms with van der Waals surface area (Å²) in [5.41, 5.74) is 1.39. The van der Waals surface area contributed by atoms with Crippen molar-refractivity contribution in [3.63, 3.8) is 0 Å². The summed E-state index contributed by atoms with van der Waals surface area (Å²) in [6.45, 7) is 6.85. The Balaban J connectivity index is 0.00000140. The van der Waals surface area contributed by atoms with Gasteiger partial charge in [0.05, 0.1) is 0 Å². The van der Waals surface area contributed by atoms with E-state index in [0.717, 1.165) is 58.7 Å². The summed E-state index contributed by atoms with van der Waals surface area (Å²) in [6.07, 6.45) is 2.99. The van der Waals surface area contributed by atoms with Crippen molar-refractivity contribution in [2.24, 2.45) is 5.92 Å². The quantitative estimate of drug-likeness (QED) is 0.795. The number of piperazine rings is 1. The lowest BCUT2D eigenvalue weighted by molar-refractivity contribution is -0.133. The topological polar surface area (TPSA) is 35.6 Å². The summed E-state index contributed by atoms with van der Waals surface area (Å²) in [4.78, 5) is 17.0. The van der Waals surface area contributed by atoms with Gasteiger partial charge in [-0.25, -0.2) is 0 Å². The number of hydrogen-bond acceptors (Lipinski definition) is 3. The zero-order chi connectivity index (χ0) is 17.8. The first-order valence-corrected chi connectivity index (χ1v) is 9.97. The first-order chi connectivity index (χ1) is 12.8. The number of hydrogen-bond donors (Lipinski definition) is 1.